The van der Waals surface area contributed by atoms with Crippen molar-refractivity contribution in [3.63, 3.8) is 0 Å². The summed E-state index contributed by atoms with van der Waals surface area (Å²) in [5.74, 6) is 0.592. The number of rotatable bonds is 2. The van der Waals surface area contributed by atoms with E-state index >= 15 is 0 Å². The first-order valence-corrected chi connectivity index (χ1v) is 5.80. The van der Waals surface area contributed by atoms with Crippen LogP contribution < -0.4 is 9.47 Å². The second kappa shape index (κ2) is 5.76. The molecule has 18 heavy (non-hydrogen) atoms. The zero-order valence-electron chi connectivity index (χ0n) is 9.10. The van der Waals surface area contributed by atoms with Crippen molar-refractivity contribution >= 4 is 29.4 Å². The Labute approximate surface area is 114 Å². The lowest BCUT2D eigenvalue weighted by Gasteiger charge is -2.06. The van der Waals surface area contributed by atoms with E-state index in [1.807, 2.05) is 0 Å². The van der Waals surface area contributed by atoms with Gasteiger partial charge >= 0.3 is 6.16 Å². The summed E-state index contributed by atoms with van der Waals surface area (Å²) in [5.41, 5.74) is 0. The largest absolute Gasteiger partial charge is 0.519 e. The molecule has 0 atom stereocenters. The van der Waals surface area contributed by atoms with Gasteiger partial charge in [0.1, 0.15) is 5.75 Å². The fourth-order valence-corrected chi connectivity index (χ4v) is 1.54. The van der Waals surface area contributed by atoms with Gasteiger partial charge in [-0.1, -0.05) is 35.3 Å². The van der Waals surface area contributed by atoms with E-state index in [1.54, 1.807) is 48.5 Å². The van der Waals surface area contributed by atoms with Gasteiger partial charge in [0, 0.05) is 5.02 Å². The fourth-order valence-electron chi connectivity index (χ4n) is 1.24. The number of carbonyl (C=O) groups excluding carboxylic acids is 1. The predicted molar refractivity (Wildman–Crippen MR) is 69.6 cm³/mol. The van der Waals surface area contributed by atoms with Crippen LogP contribution in [0.15, 0.2) is 48.5 Å². The highest BCUT2D eigenvalue weighted by atomic mass is 35.5. The first-order valence-electron chi connectivity index (χ1n) is 5.05. The Hall–Kier alpha value is -1.71. The van der Waals surface area contributed by atoms with Gasteiger partial charge in [-0.15, -0.1) is 0 Å². The number of halogens is 2. The van der Waals surface area contributed by atoms with Crippen molar-refractivity contribution in [2.24, 2.45) is 0 Å². The summed E-state index contributed by atoms with van der Waals surface area (Å²) in [6.45, 7) is 0. The van der Waals surface area contributed by atoms with Gasteiger partial charge in [-0.2, -0.15) is 0 Å². The number of hydrogen-bond acceptors (Lipinski definition) is 3. The molecular formula is C13H8Cl2O3. The van der Waals surface area contributed by atoms with E-state index in [0.717, 1.165) is 0 Å². The zero-order chi connectivity index (χ0) is 13.0. The summed E-state index contributed by atoms with van der Waals surface area (Å²) in [7, 11) is 0. The highest BCUT2D eigenvalue weighted by molar-refractivity contribution is 6.32. The molecule has 0 amide bonds. The van der Waals surface area contributed by atoms with Crippen molar-refractivity contribution in [3.8, 4) is 11.5 Å². The summed E-state index contributed by atoms with van der Waals surface area (Å²) in [4.78, 5) is 11.5. The summed E-state index contributed by atoms with van der Waals surface area (Å²) < 4.78 is 9.90. The number of carbonyl (C=O) groups is 1. The standard InChI is InChI=1S/C13H8Cl2O3/c14-9-5-7-10(8-6-9)17-13(16)18-12-4-2-1-3-11(12)15/h1-8H. The van der Waals surface area contributed by atoms with Crippen LogP contribution in [0.4, 0.5) is 4.79 Å². The predicted octanol–water partition coefficient (Wildman–Crippen LogP) is 4.57. The summed E-state index contributed by atoms with van der Waals surface area (Å²) in [6, 6.07) is 13.0. The van der Waals surface area contributed by atoms with Crippen LogP contribution in [0.1, 0.15) is 0 Å². The van der Waals surface area contributed by atoms with E-state index in [2.05, 4.69) is 0 Å². The molecule has 2 aromatic carbocycles. The summed E-state index contributed by atoms with van der Waals surface area (Å²) in [6.07, 6.45) is -0.856. The maximum Gasteiger partial charge on any atom is 0.519 e. The number of ether oxygens (including phenoxy) is 2. The van der Waals surface area contributed by atoms with Crippen molar-refractivity contribution in [1.29, 1.82) is 0 Å². The molecular weight excluding hydrogens is 275 g/mol. The second-order valence-corrected chi connectivity index (χ2v) is 4.18. The Bertz CT molecular complexity index is 552. The third kappa shape index (κ3) is 3.39. The lowest BCUT2D eigenvalue weighted by molar-refractivity contribution is 0.152. The molecule has 92 valence electrons. The average molecular weight is 283 g/mol. The molecule has 0 unspecified atom stereocenters. The van der Waals surface area contributed by atoms with E-state index in [9.17, 15) is 4.79 Å². The van der Waals surface area contributed by atoms with E-state index < -0.39 is 6.16 Å². The van der Waals surface area contributed by atoms with Gasteiger partial charge in [0.15, 0.2) is 5.75 Å². The maximum atomic E-state index is 11.5. The van der Waals surface area contributed by atoms with Crippen molar-refractivity contribution in [2.75, 3.05) is 0 Å². The normalized spacial score (nSPS) is 9.89. The molecule has 0 aliphatic heterocycles. The molecule has 5 heteroatoms. The smallest absolute Gasteiger partial charge is 0.395 e. The molecule has 3 nitrogen and oxygen atoms in total. The third-order valence-electron chi connectivity index (χ3n) is 2.04. The van der Waals surface area contributed by atoms with E-state index in [4.69, 9.17) is 32.7 Å². The van der Waals surface area contributed by atoms with Crippen LogP contribution in [0.5, 0.6) is 11.5 Å². The van der Waals surface area contributed by atoms with Crippen LogP contribution in [-0.2, 0) is 0 Å². The zero-order valence-corrected chi connectivity index (χ0v) is 10.6. The Morgan fingerprint density at radius 3 is 2.22 bits per heavy atom. The highest BCUT2D eigenvalue weighted by Gasteiger charge is 2.10. The minimum Gasteiger partial charge on any atom is -0.395 e. The number of hydrogen-bond donors (Lipinski definition) is 0. The molecule has 0 fully saturated rings. The van der Waals surface area contributed by atoms with Gasteiger partial charge in [-0.05, 0) is 36.4 Å². The van der Waals surface area contributed by atoms with E-state index in [1.165, 1.54) is 0 Å². The third-order valence-corrected chi connectivity index (χ3v) is 2.61. The lowest BCUT2D eigenvalue weighted by Crippen LogP contribution is -2.13. The van der Waals surface area contributed by atoms with Gasteiger partial charge < -0.3 is 9.47 Å². The van der Waals surface area contributed by atoms with Crippen molar-refractivity contribution in [3.05, 3.63) is 58.6 Å². The maximum absolute atomic E-state index is 11.5. The molecule has 0 spiro atoms. The molecule has 0 heterocycles. The number of para-hydroxylation sites is 1. The first-order chi connectivity index (χ1) is 8.65. The van der Waals surface area contributed by atoms with Gasteiger partial charge in [0.2, 0.25) is 0 Å². The molecule has 2 aromatic rings. The van der Waals surface area contributed by atoms with Gasteiger partial charge in [-0.25, -0.2) is 4.79 Å². The fraction of sp³-hybridized carbons (Fsp3) is 0. The first kappa shape index (κ1) is 12.7. The van der Waals surface area contributed by atoms with Crippen LogP contribution in [0, 0.1) is 0 Å². The molecule has 0 aliphatic rings. The second-order valence-electron chi connectivity index (χ2n) is 3.34. The molecule has 2 rings (SSSR count). The van der Waals surface area contributed by atoms with Crippen LogP contribution in [-0.4, -0.2) is 6.16 Å². The van der Waals surface area contributed by atoms with Gasteiger partial charge in [-0.3, -0.25) is 0 Å². The molecule has 0 bridgehead atoms. The van der Waals surface area contributed by atoms with E-state index in [0.29, 0.717) is 15.8 Å². The van der Waals surface area contributed by atoms with Gasteiger partial charge in [0.25, 0.3) is 0 Å². The minimum atomic E-state index is -0.856. The molecule has 0 saturated heterocycles. The summed E-state index contributed by atoms with van der Waals surface area (Å²) in [5, 5.41) is 0.896. The van der Waals surface area contributed by atoms with E-state index in [-0.39, 0.29) is 5.75 Å². The van der Waals surface area contributed by atoms with Crippen molar-refractivity contribution in [1.82, 2.24) is 0 Å². The SMILES string of the molecule is O=C(Oc1ccc(Cl)cc1)Oc1ccccc1Cl. The number of benzene rings is 2. The van der Waals surface area contributed by atoms with Crippen LogP contribution in [0.2, 0.25) is 10.0 Å². The molecule has 0 aliphatic carbocycles. The molecule has 0 radical (unpaired) electrons. The molecule has 0 saturated carbocycles. The van der Waals surface area contributed by atoms with Crippen LogP contribution in [0.3, 0.4) is 0 Å². The van der Waals surface area contributed by atoms with Crippen molar-refractivity contribution < 1.29 is 14.3 Å². The Kier molecular flexibility index (Phi) is 4.07. The van der Waals surface area contributed by atoms with Crippen molar-refractivity contribution in [2.45, 2.75) is 0 Å². The highest BCUT2D eigenvalue weighted by Crippen LogP contribution is 2.24. The quantitative estimate of drug-likeness (QED) is 0.598. The Morgan fingerprint density at radius 1 is 0.889 bits per heavy atom. The molecule has 0 aromatic heterocycles. The average Bonchev–Trinajstić information content (AvgIpc) is 2.35. The Balaban J connectivity index is 2.01. The van der Waals surface area contributed by atoms with Gasteiger partial charge in [0.05, 0.1) is 5.02 Å². The lowest BCUT2D eigenvalue weighted by atomic mass is 10.3. The summed E-state index contributed by atoms with van der Waals surface area (Å²) >= 11 is 11.6. The topological polar surface area (TPSA) is 35.5 Å². The van der Waals surface area contributed by atoms with Crippen LogP contribution in [0.25, 0.3) is 0 Å². The monoisotopic (exact) mass is 282 g/mol. The van der Waals surface area contributed by atoms with Crippen LogP contribution >= 0.6 is 23.2 Å². The molecule has 0 N–H and O–H groups in total. The minimum absolute atomic E-state index is 0.248. The Morgan fingerprint density at radius 2 is 1.56 bits per heavy atom.